The van der Waals surface area contributed by atoms with Crippen LogP contribution in [0.25, 0.3) is 0 Å². The third kappa shape index (κ3) is 5.26. The number of hydrogen-bond donors (Lipinski definition) is 1. The topological polar surface area (TPSA) is 46.6 Å². The number of aromatic nitrogens is 1. The Morgan fingerprint density at radius 2 is 2.33 bits per heavy atom. The number of ether oxygens (including phenoxy) is 2. The molecule has 1 saturated heterocycles. The van der Waals surface area contributed by atoms with E-state index in [1.807, 2.05) is 6.07 Å². The van der Waals surface area contributed by atoms with E-state index >= 15 is 0 Å². The zero-order valence-corrected chi connectivity index (χ0v) is 13.2. The SMILES string of the molecule is COCCNCC1CCCN(Cc2cccnc2OC)C1. The highest BCUT2D eigenvalue weighted by Crippen LogP contribution is 2.21. The third-order valence-corrected chi connectivity index (χ3v) is 3.96. The van der Waals surface area contributed by atoms with Gasteiger partial charge in [0.15, 0.2) is 0 Å². The largest absolute Gasteiger partial charge is 0.481 e. The standard InChI is InChI=1S/C16H27N3O2/c1-20-10-8-17-11-14-5-4-9-19(12-14)13-15-6-3-7-18-16(15)21-2/h3,6-7,14,17H,4-5,8-13H2,1-2H3. The van der Waals surface area contributed by atoms with Gasteiger partial charge >= 0.3 is 0 Å². The highest BCUT2D eigenvalue weighted by atomic mass is 16.5. The minimum Gasteiger partial charge on any atom is -0.481 e. The number of nitrogens with one attached hydrogen (secondary N) is 1. The van der Waals surface area contributed by atoms with Crippen molar-refractivity contribution >= 4 is 0 Å². The van der Waals surface area contributed by atoms with Gasteiger partial charge in [-0.2, -0.15) is 0 Å². The second kappa shape index (κ2) is 8.97. The first-order valence-corrected chi connectivity index (χ1v) is 7.73. The summed E-state index contributed by atoms with van der Waals surface area (Å²) < 4.78 is 10.4. The summed E-state index contributed by atoms with van der Waals surface area (Å²) in [5.41, 5.74) is 1.17. The number of piperidine rings is 1. The molecule has 2 rings (SSSR count). The minimum atomic E-state index is 0.721. The summed E-state index contributed by atoms with van der Waals surface area (Å²) in [5.74, 6) is 1.47. The molecule has 0 bridgehead atoms. The molecule has 118 valence electrons. The Morgan fingerprint density at radius 3 is 3.14 bits per heavy atom. The van der Waals surface area contributed by atoms with E-state index in [-0.39, 0.29) is 0 Å². The maximum absolute atomic E-state index is 5.34. The van der Waals surface area contributed by atoms with Crippen molar-refractivity contribution in [1.29, 1.82) is 0 Å². The Morgan fingerprint density at radius 1 is 1.43 bits per heavy atom. The minimum absolute atomic E-state index is 0.721. The van der Waals surface area contributed by atoms with E-state index in [1.54, 1.807) is 20.4 Å². The fourth-order valence-corrected chi connectivity index (χ4v) is 2.91. The number of methoxy groups -OCH3 is 2. The Hall–Kier alpha value is -1.17. The summed E-state index contributed by atoms with van der Waals surface area (Å²) in [6, 6.07) is 4.08. The Balaban J connectivity index is 1.80. The van der Waals surface area contributed by atoms with Crippen molar-refractivity contribution in [3.05, 3.63) is 23.9 Å². The quantitative estimate of drug-likeness (QED) is 0.737. The second-order valence-electron chi connectivity index (χ2n) is 5.61. The lowest BCUT2D eigenvalue weighted by molar-refractivity contribution is 0.157. The molecule has 1 N–H and O–H groups in total. The number of nitrogens with zero attached hydrogens (tertiary/aromatic N) is 2. The molecule has 0 amide bonds. The van der Waals surface area contributed by atoms with Crippen molar-refractivity contribution in [2.24, 2.45) is 5.92 Å². The molecular formula is C16H27N3O2. The third-order valence-electron chi connectivity index (χ3n) is 3.96. The summed E-state index contributed by atoms with van der Waals surface area (Å²) in [5, 5.41) is 3.47. The van der Waals surface area contributed by atoms with Crippen molar-refractivity contribution in [3.8, 4) is 5.88 Å². The predicted octanol–water partition coefficient (Wildman–Crippen LogP) is 1.54. The first-order chi connectivity index (χ1) is 10.3. The van der Waals surface area contributed by atoms with Gasteiger partial charge in [-0.25, -0.2) is 4.98 Å². The van der Waals surface area contributed by atoms with Gasteiger partial charge in [0.1, 0.15) is 0 Å². The summed E-state index contributed by atoms with van der Waals surface area (Å²) in [6.45, 7) is 6.01. The highest BCUT2D eigenvalue weighted by molar-refractivity contribution is 5.25. The van der Waals surface area contributed by atoms with Crippen LogP contribution >= 0.6 is 0 Å². The second-order valence-corrected chi connectivity index (χ2v) is 5.61. The van der Waals surface area contributed by atoms with Gasteiger partial charge in [-0.1, -0.05) is 6.07 Å². The molecule has 0 saturated carbocycles. The smallest absolute Gasteiger partial charge is 0.217 e. The van der Waals surface area contributed by atoms with E-state index < -0.39 is 0 Å². The van der Waals surface area contributed by atoms with Gasteiger partial charge in [0.25, 0.3) is 0 Å². The van der Waals surface area contributed by atoms with Crippen LogP contribution in [-0.4, -0.2) is 56.9 Å². The van der Waals surface area contributed by atoms with Gasteiger partial charge in [-0.3, -0.25) is 4.90 Å². The molecule has 1 unspecified atom stereocenters. The van der Waals surface area contributed by atoms with Crippen LogP contribution in [0.1, 0.15) is 18.4 Å². The highest BCUT2D eigenvalue weighted by Gasteiger charge is 2.20. The zero-order valence-electron chi connectivity index (χ0n) is 13.2. The number of pyridine rings is 1. The fraction of sp³-hybridized carbons (Fsp3) is 0.688. The van der Waals surface area contributed by atoms with E-state index in [2.05, 4.69) is 21.3 Å². The van der Waals surface area contributed by atoms with E-state index in [0.717, 1.165) is 51.1 Å². The Labute approximate surface area is 127 Å². The molecule has 5 heteroatoms. The van der Waals surface area contributed by atoms with Crippen LogP contribution in [0.15, 0.2) is 18.3 Å². The summed E-state index contributed by atoms with van der Waals surface area (Å²) in [7, 11) is 3.43. The predicted molar refractivity (Wildman–Crippen MR) is 83.5 cm³/mol. The Kier molecular flexibility index (Phi) is 6.92. The molecule has 1 aliphatic heterocycles. The van der Waals surface area contributed by atoms with E-state index in [1.165, 1.54) is 18.4 Å². The van der Waals surface area contributed by atoms with Crippen LogP contribution in [0.5, 0.6) is 5.88 Å². The average molecular weight is 293 g/mol. The molecule has 0 aromatic carbocycles. The van der Waals surface area contributed by atoms with E-state index in [9.17, 15) is 0 Å². The maximum atomic E-state index is 5.34. The normalized spacial score (nSPS) is 19.6. The van der Waals surface area contributed by atoms with Gasteiger partial charge in [0.2, 0.25) is 5.88 Å². The zero-order chi connectivity index (χ0) is 14.9. The molecule has 5 nitrogen and oxygen atoms in total. The molecule has 1 aliphatic rings. The van der Waals surface area contributed by atoms with Crippen LogP contribution < -0.4 is 10.1 Å². The lowest BCUT2D eigenvalue weighted by Gasteiger charge is -2.33. The average Bonchev–Trinajstić information content (AvgIpc) is 2.52. The van der Waals surface area contributed by atoms with E-state index in [0.29, 0.717) is 0 Å². The number of hydrogen-bond acceptors (Lipinski definition) is 5. The van der Waals surface area contributed by atoms with Crippen molar-refractivity contribution in [2.45, 2.75) is 19.4 Å². The first kappa shape index (κ1) is 16.2. The number of likely N-dealkylation sites (tertiary alicyclic amines) is 1. The molecular weight excluding hydrogens is 266 g/mol. The summed E-state index contributed by atoms with van der Waals surface area (Å²) in [4.78, 5) is 6.78. The maximum Gasteiger partial charge on any atom is 0.217 e. The molecule has 0 spiro atoms. The molecule has 0 aliphatic carbocycles. The molecule has 1 aromatic heterocycles. The summed E-state index contributed by atoms with van der Waals surface area (Å²) in [6.07, 6.45) is 4.35. The van der Waals surface area contributed by atoms with Gasteiger partial charge in [-0.05, 0) is 37.9 Å². The molecule has 1 fully saturated rings. The van der Waals surface area contributed by atoms with Crippen LogP contribution in [0.2, 0.25) is 0 Å². The Bertz CT molecular complexity index is 414. The van der Waals surface area contributed by atoms with Crippen LogP contribution in [0, 0.1) is 5.92 Å². The summed E-state index contributed by atoms with van der Waals surface area (Å²) >= 11 is 0. The van der Waals surface area contributed by atoms with Crippen molar-refractivity contribution in [2.75, 3.05) is 47.0 Å². The molecule has 1 atom stereocenters. The number of rotatable bonds is 8. The van der Waals surface area contributed by atoms with Crippen molar-refractivity contribution < 1.29 is 9.47 Å². The van der Waals surface area contributed by atoms with Crippen molar-refractivity contribution in [1.82, 2.24) is 15.2 Å². The molecule has 0 radical (unpaired) electrons. The molecule has 1 aromatic rings. The van der Waals surface area contributed by atoms with Crippen LogP contribution in [0.4, 0.5) is 0 Å². The van der Waals surface area contributed by atoms with Gasteiger partial charge in [0, 0.05) is 38.5 Å². The lowest BCUT2D eigenvalue weighted by Crippen LogP contribution is -2.39. The van der Waals surface area contributed by atoms with Gasteiger partial charge in [-0.15, -0.1) is 0 Å². The van der Waals surface area contributed by atoms with Crippen LogP contribution in [-0.2, 0) is 11.3 Å². The van der Waals surface area contributed by atoms with Gasteiger partial charge in [0.05, 0.1) is 13.7 Å². The molecule has 21 heavy (non-hydrogen) atoms. The monoisotopic (exact) mass is 293 g/mol. The van der Waals surface area contributed by atoms with E-state index in [4.69, 9.17) is 9.47 Å². The van der Waals surface area contributed by atoms with Crippen LogP contribution in [0.3, 0.4) is 0 Å². The lowest BCUT2D eigenvalue weighted by atomic mass is 9.97. The molecule has 2 heterocycles. The fourth-order valence-electron chi connectivity index (χ4n) is 2.91. The van der Waals surface area contributed by atoms with Gasteiger partial charge < -0.3 is 14.8 Å². The van der Waals surface area contributed by atoms with Crippen molar-refractivity contribution in [3.63, 3.8) is 0 Å². The first-order valence-electron chi connectivity index (χ1n) is 7.73.